The highest BCUT2D eigenvalue weighted by molar-refractivity contribution is 6.20. The van der Waals surface area contributed by atoms with Crippen LogP contribution in [0.3, 0.4) is 0 Å². The van der Waals surface area contributed by atoms with Crippen molar-refractivity contribution in [3.63, 3.8) is 0 Å². The minimum absolute atomic E-state index is 0.0105. The minimum Gasteiger partial charge on any atom is -0.456 e. The second-order valence-electron chi connectivity index (χ2n) is 43.6. The Morgan fingerprint density at radius 3 is 1.14 bits per heavy atom. The molecule has 2 aromatic heterocycles. The predicted octanol–water partition coefficient (Wildman–Crippen LogP) is 38.6. The average molecular weight is 1800 g/mol. The first-order valence-corrected chi connectivity index (χ1v) is 52.9. The third-order valence-corrected chi connectivity index (χ3v) is 34.7. The van der Waals surface area contributed by atoms with Gasteiger partial charge in [0.05, 0.1) is 10.8 Å². The maximum Gasteiger partial charge on any atom is 0.143 e. The van der Waals surface area contributed by atoms with Crippen molar-refractivity contribution in [2.45, 2.75) is 249 Å². The smallest absolute Gasteiger partial charge is 0.143 e. The molecule has 16 aromatic carbocycles. The van der Waals surface area contributed by atoms with Crippen LogP contribution in [-0.4, -0.2) is 0 Å². The second kappa shape index (κ2) is 33.6. The van der Waals surface area contributed by atoms with Crippen LogP contribution >= 0.6 is 0 Å². The molecular weight excluding hydrogens is 1670 g/mol. The van der Waals surface area contributed by atoms with E-state index in [9.17, 15) is 0 Å². The molecular formula is C135H127NO2. The van der Waals surface area contributed by atoms with Gasteiger partial charge >= 0.3 is 0 Å². The van der Waals surface area contributed by atoms with Gasteiger partial charge in [0.2, 0.25) is 0 Å². The number of furan rings is 2. The van der Waals surface area contributed by atoms with Gasteiger partial charge in [-0.3, -0.25) is 0 Å². The Morgan fingerprint density at radius 1 is 0.239 bits per heavy atom. The van der Waals surface area contributed by atoms with Gasteiger partial charge in [-0.2, -0.15) is 0 Å². The number of hydrogen-bond donors (Lipinski definition) is 0. The van der Waals surface area contributed by atoms with Crippen molar-refractivity contribution in [2.24, 2.45) is 0 Å². The minimum atomic E-state index is -0.715. The van der Waals surface area contributed by atoms with Gasteiger partial charge in [-0.1, -0.05) is 415 Å². The first-order chi connectivity index (χ1) is 67.7. The summed E-state index contributed by atoms with van der Waals surface area (Å²) in [4.78, 5) is 2.66. The molecule has 684 valence electrons. The molecule has 0 saturated carbocycles. The van der Waals surface area contributed by atoms with Gasteiger partial charge in [-0.15, -0.1) is 0 Å². The summed E-state index contributed by atoms with van der Waals surface area (Å²) in [7, 11) is 0. The number of unbranched alkanes of at least 4 members (excludes halogenated alkanes) is 16. The topological polar surface area (TPSA) is 29.5 Å². The Kier molecular flexibility index (Phi) is 21.1. The zero-order valence-corrected chi connectivity index (χ0v) is 82.3. The Bertz CT molecular complexity index is 7810. The average Bonchev–Trinajstić information content (AvgIpc) is 1.48. The van der Waals surface area contributed by atoms with Crippen LogP contribution in [0.1, 0.15) is 300 Å². The van der Waals surface area contributed by atoms with E-state index in [1.807, 2.05) is 0 Å². The summed E-state index contributed by atoms with van der Waals surface area (Å²) in [5.74, 6) is 0. The van der Waals surface area contributed by atoms with Crippen LogP contribution in [-0.2, 0) is 32.5 Å². The molecule has 0 bridgehead atoms. The summed E-state index contributed by atoms with van der Waals surface area (Å²) in [5.41, 5.74) is 49.5. The third kappa shape index (κ3) is 12.8. The lowest BCUT2D eigenvalue weighted by molar-refractivity contribution is 0.399. The van der Waals surface area contributed by atoms with E-state index < -0.39 is 10.8 Å². The normalized spacial score (nSPS) is 15.1. The molecule has 7 aliphatic rings. The third-order valence-electron chi connectivity index (χ3n) is 34.7. The number of benzene rings is 16. The molecule has 0 saturated heterocycles. The fourth-order valence-corrected chi connectivity index (χ4v) is 28.1. The van der Waals surface area contributed by atoms with Gasteiger partial charge < -0.3 is 13.7 Å². The van der Waals surface area contributed by atoms with Crippen molar-refractivity contribution in [1.29, 1.82) is 0 Å². The first kappa shape index (κ1) is 86.5. The molecule has 0 fully saturated rings. The van der Waals surface area contributed by atoms with Crippen molar-refractivity contribution < 1.29 is 8.83 Å². The highest BCUT2D eigenvalue weighted by Crippen LogP contribution is 2.71. The number of rotatable bonds is 29. The summed E-state index contributed by atoms with van der Waals surface area (Å²) in [6.07, 6.45) is 29.5. The van der Waals surface area contributed by atoms with E-state index in [1.165, 1.54) is 323 Å². The first-order valence-electron chi connectivity index (χ1n) is 52.9. The van der Waals surface area contributed by atoms with Crippen LogP contribution < -0.4 is 4.90 Å². The van der Waals surface area contributed by atoms with E-state index in [-0.39, 0.29) is 21.7 Å². The van der Waals surface area contributed by atoms with Crippen molar-refractivity contribution in [2.75, 3.05) is 4.90 Å². The Morgan fingerprint density at radius 2 is 0.601 bits per heavy atom. The fourth-order valence-electron chi connectivity index (χ4n) is 28.1. The van der Waals surface area contributed by atoms with E-state index in [2.05, 4.69) is 383 Å². The van der Waals surface area contributed by atoms with E-state index in [0.717, 1.165) is 64.8 Å². The van der Waals surface area contributed by atoms with Crippen LogP contribution in [0, 0.1) is 0 Å². The van der Waals surface area contributed by atoms with Crippen LogP contribution in [0.4, 0.5) is 17.1 Å². The molecule has 0 atom stereocenters. The summed E-state index contributed by atoms with van der Waals surface area (Å²) in [6.45, 7) is 21.5. The van der Waals surface area contributed by atoms with E-state index in [4.69, 9.17) is 8.83 Å². The molecule has 0 radical (unpaired) electrons. The van der Waals surface area contributed by atoms with Crippen molar-refractivity contribution >= 4 is 60.9 Å². The number of nitrogens with zero attached hydrogens (tertiary/aromatic N) is 1. The van der Waals surface area contributed by atoms with Crippen molar-refractivity contribution in [1.82, 2.24) is 0 Å². The standard InChI is InChI=1S/C135H127NO2/c1-10-14-18-22-40-74-132(75-41-23-19-15-11-2)108-51-33-26-44-93(108)100-68-59-87(79-116(100)132)86-58-67-98-99-69-60-88(80-115(99)131(8,9)114(98)78-86)105-83-121-125(128-104-50-32-39-57-123(104)138-129(105)128)102-71-66-91(81-117(102)133(121,76-42-24-20-16-12-3)77-43-25-21-17-13-4)136(90-63-61-89(62-64-90)130(5,6)7)92-65-70-101-106-84-120-107(85-119(106)135(118(101)82-92)111-54-36-29-47-96(111)97-48-30-37-55-112(97)135)126-113(72-73-124-127(126)103-49-31-38-56-122(103)137-124)134(120)109-52-34-27-45-94(109)95-46-28-35-53-110(95)134/h26-39,44-73,78-85H,10-25,40-43,74-77H2,1-9H3. The molecule has 138 heavy (non-hydrogen) atoms. The van der Waals surface area contributed by atoms with Crippen molar-refractivity contribution in [3.05, 3.63) is 399 Å². The Labute approximate surface area is 816 Å². The highest BCUT2D eigenvalue weighted by Gasteiger charge is 2.58. The molecule has 2 heterocycles. The number of hydrogen-bond acceptors (Lipinski definition) is 3. The molecule has 0 N–H and O–H groups in total. The van der Waals surface area contributed by atoms with Gasteiger partial charge in [0.1, 0.15) is 22.3 Å². The van der Waals surface area contributed by atoms with Crippen LogP contribution in [0.25, 0.3) is 144 Å². The van der Waals surface area contributed by atoms with Crippen LogP contribution in [0.5, 0.6) is 0 Å². The molecule has 0 aliphatic heterocycles. The zero-order chi connectivity index (χ0) is 93.1. The van der Waals surface area contributed by atoms with Crippen molar-refractivity contribution in [3.8, 4) is 100 Å². The maximum absolute atomic E-state index is 7.60. The van der Waals surface area contributed by atoms with E-state index in [1.54, 1.807) is 11.1 Å². The molecule has 3 nitrogen and oxygen atoms in total. The van der Waals surface area contributed by atoms with E-state index >= 15 is 0 Å². The second-order valence-corrected chi connectivity index (χ2v) is 43.6. The lowest BCUT2D eigenvalue weighted by Crippen LogP contribution is -2.27. The molecule has 0 amide bonds. The quantitative estimate of drug-likeness (QED) is 0.0438. The van der Waals surface area contributed by atoms with Gasteiger partial charge in [0.15, 0.2) is 0 Å². The SMILES string of the molecule is CCCCCCCC1(CCCCCCC)c2ccccc2-c2ccc(-c3ccc4c(c3)C(C)(C)c3cc(-c5cc6c(c7c5oc5ccccc57)-c5ccc(N(c7ccc(C(C)(C)C)cc7)c7ccc8c(c7)C7(c9ccccc9-c9ccccc97)c7cc9c(cc7-8)C7(c8ccccc8-c8ccccc87)c7ccc8oc%10ccccc%10c8c7-9)cc5C6(CCCCCCC)CCCCCCC)ccc3-4)cc21. The van der Waals surface area contributed by atoms with Crippen LogP contribution in [0.15, 0.2) is 324 Å². The van der Waals surface area contributed by atoms with Gasteiger partial charge in [-0.25, -0.2) is 0 Å². The summed E-state index contributed by atoms with van der Waals surface area (Å²) in [5, 5.41) is 4.76. The molecule has 7 aliphatic carbocycles. The maximum atomic E-state index is 7.60. The summed E-state index contributed by atoms with van der Waals surface area (Å²) < 4.78 is 14.6. The van der Waals surface area contributed by atoms with Gasteiger partial charge in [-0.05, 0) is 300 Å². The summed E-state index contributed by atoms with van der Waals surface area (Å²) >= 11 is 0. The molecule has 3 heteroatoms. The Hall–Kier alpha value is -13.1. The largest absolute Gasteiger partial charge is 0.456 e. The highest BCUT2D eigenvalue weighted by atomic mass is 16.3. The zero-order valence-electron chi connectivity index (χ0n) is 82.3. The molecule has 2 spiro atoms. The van der Waals surface area contributed by atoms with Gasteiger partial charge in [0.25, 0.3) is 0 Å². The molecule has 0 unspecified atom stereocenters. The molecule has 25 rings (SSSR count). The molecule has 18 aromatic rings. The number of fused-ring (bicyclic) bond motifs is 37. The lowest BCUT2D eigenvalue weighted by Gasteiger charge is -2.35. The Balaban J connectivity index is 0.662. The number of anilines is 3. The monoisotopic (exact) mass is 1790 g/mol. The van der Waals surface area contributed by atoms with Gasteiger partial charge in [0, 0.05) is 60.4 Å². The fraction of sp³-hybridized carbons (Fsp3) is 0.289. The number of para-hydroxylation sites is 2. The van der Waals surface area contributed by atoms with E-state index in [0.29, 0.717) is 0 Å². The van der Waals surface area contributed by atoms with Crippen LogP contribution in [0.2, 0.25) is 0 Å². The lowest BCUT2D eigenvalue weighted by atomic mass is 9.68. The predicted molar refractivity (Wildman–Crippen MR) is 581 cm³/mol. The summed E-state index contributed by atoms with van der Waals surface area (Å²) in [6, 6.07) is 125.